The third kappa shape index (κ3) is 20.1. The van der Waals surface area contributed by atoms with Crippen LogP contribution in [0.15, 0.2) is 57.6 Å². The molecule has 2 aromatic rings. The van der Waals surface area contributed by atoms with Gasteiger partial charge in [-0.1, -0.05) is 0 Å². The number of urea groups is 1. The molecule has 46 heavy (non-hydrogen) atoms. The van der Waals surface area contributed by atoms with E-state index >= 15 is 0 Å². The van der Waals surface area contributed by atoms with Crippen molar-refractivity contribution < 1.29 is 157 Å². The van der Waals surface area contributed by atoms with Crippen LogP contribution in [-0.2, 0) is 51.5 Å². The fraction of sp³-hybridized carbons (Fsp3) is 0.316. The van der Waals surface area contributed by atoms with E-state index in [4.69, 9.17) is 14.1 Å². The molecule has 27 heteroatoms. The van der Waals surface area contributed by atoms with Gasteiger partial charge in [0, 0.05) is 18.8 Å². The number of rotatable bonds is 21. The zero-order valence-electron chi connectivity index (χ0n) is 24.5. The Morgan fingerprint density at radius 1 is 0.870 bits per heavy atom. The standard InChI is InChI=1S/C19H25N5O15S4.3Na/c20-19(25)21-18-13-15(24(7-9-33-40-38-36-26)8-10-34-41-39-37-27)3-6-17(18)23-22-14-1-4-16(5-2-14)42(28,29)12-11-35-43(30,31)32;;;/h1-6,13,26-27H,7-12H2,(H3,20,21,25)(H,30,31,32);;;/q;3*+1/p-3. The molecule has 0 radical (unpaired) electrons. The molecule has 0 unspecified atom stereocenters. The first-order chi connectivity index (χ1) is 20.4. The number of sulfone groups is 1. The van der Waals surface area contributed by atoms with E-state index in [0.717, 1.165) is 0 Å². The quantitative estimate of drug-likeness (QED) is 0.0175. The van der Waals surface area contributed by atoms with Gasteiger partial charge < -0.3 is 31.0 Å². The monoisotopic (exact) mass is 757 g/mol. The van der Waals surface area contributed by atoms with Crippen molar-refractivity contribution in [2.45, 2.75) is 4.90 Å². The Kier molecular flexibility index (Phi) is 27.5. The van der Waals surface area contributed by atoms with E-state index < -0.39 is 38.6 Å². The molecule has 0 bridgehead atoms. The Bertz CT molecular complexity index is 1400. The minimum atomic E-state index is -5.03. The Morgan fingerprint density at radius 2 is 1.43 bits per heavy atom. The molecule has 0 atom stereocenters. The number of amides is 2. The second-order valence-electron chi connectivity index (χ2n) is 7.47. The van der Waals surface area contributed by atoms with Gasteiger partial charge in [0.05, 0.1) is 41.8 Å². The first kappa shape index (κ1) is 48.4. The number of carbonyl (C=O) groups is 1. The van der Waals surface area contributed by atoms with Gasteiger partial charge in [0.2, 0.25) is 10.4 Å². The number of carbonyl (C=O) groups excluding carboxylic acids is 1. The minimum absolute atomic E-state index is 0. The molecule has 0 heterocycles. The number of primary amides is 1. The van der Waals surface area contributed by atoms with E-state index in [2.05, 4.69) is 38.5 Å². The normalized spacial score (nSPS) is 11.3. The van der Waals surface area contributed by atoms with Crippen LogP contribution >= 0.6 is 24.6 Å². The van der Waals surface area contributed by atoms with Crippen molar-refractivity contribution in [3.63, 3.8) is 0 Å². The van der Waals surface area contributed by atoms with Crippen molar-refractivity contribution in [3.8, 4) is 0 Å². The van der Waals surface area contributed by atoms with E-state index in [1.807, 2.05) is 0 Å². The molecule has 2 rings (SSSR count). The molecule has 20 nitrogen and oxygen atoms in total. The third-order valence-corrected chi connectivity index (χ3v) is 7.65. The molecule has 0 saturated carbocycles. The zero-order valence-corrected chi connectivity index (χ0v) is 33.7. The number of nitrogens with zero attached hydrogens (tertiary/aromatic N) is 3. The van der Waals surface area contributed by atoms with Gasteiger partial charge >= 0.3 is 94.7 Å². The number of azo groups is 1. The minimum Gasteiger partial charge on any atom is -0.726 e. The van der Waals surface area contributed by atoms with Gasteiger partial charge in [0.25, 0.3) is 0 Å². The molecular weight excluding hydrogens is 735 g/mol. The van der Waals surface area contributed by atoms with Crippen LogP contribution in [0, 0.1) is 0 Å². The molecule has 0 aliphatic heterocycles. The number of anilines is 2. The van der Waals surface area contributed by atoms with Crippen molar-refractivity contribution in [1.29, 1.82) is 0 Å². The van der Waals surface area contributed by atoms with E-state index in [9.17, 15) is 36.7 Å². The van der Waals surface area contributed by atoms with E-state index in [1.54, 1.807) is 11.0 Å². The maximum atomic E-state index is 12.3. The van der Waals surface area contributed by atoms with Crippen LogP contribution in [0.3, 0.4) is 0 Å². The summed E-state index contributed by atoms with van der Waals surface area (Å²) in [6.45, 7) is -0.387. The summed E-state index contributed by atoms with van der Waals surface area (Å²) in [6.07, 6.45) is 0. The number of hydrogen-bond donors (Lipinski definition) is 2. The molecular formula is C19H22N5Na3O15S4. The Balaban J connectivity index is 0. The van der Waals surface area contributed by atoms with Crippen molar-refractivity contribution in [2.24, 2.45) is 16.0 Å². The molecule has 0 saturated heterocycles. The summed E-state index contributed by atoms with van der Waals surface area (Å²) in [4.78, 5) is 13.2. The van der Waals surface area contributed by atoms with E-state index in [0.29, 0.717) is 30.3 Å². The third-order valence-electron chi connectivity index (χ3n) is 4.75. The number of benzene rings is 2. The molecule has 0 aliphatic rings. The summed E-state index contributed by atoms with van der Waals surface area (Å²) in [5, 5.41) is 36.6. The van der Waals surface area contributed by atoms with Crippen LogP contribution in [0.25, 0.3) is 0 Å². The fourth-order valence-corrected chi connectivity index (χ4v) is 4.92. The van der Waals surface area contributed by atoms with Crippen LogP contribution in [0.4, 0.5) is 27.5 Å². The number of hydrogen-bond acceptors (Lipinski definition) is 20. The largest absolute Gasteiger partial charge is 1.00 e. The molecule has 2 amide bonds. The Hall–Kier alpha value is 0.310. The van der Waals surface area contributed by atoms with Gasteiger partial charge in [-0.05, 0) is 42.5 Å². The van der Waals surface area contributed by atoms with Crippen molar-refractivity contribution >= 4 is 73.7 Å². The van der Waals surface area contributed by atoms with Crippen LogP contribution in [-0.4, -0.2) is 66.1 Å². The smallest absolute Gasteiger partial charge is 0.726 e. The van der Waals surface area contributed by atoms with Crippen molar-refractivity contribution in [1.82, 2.24) is 0 Å². The molecule has 0 fully saturated rings. The summed E-state index contributed by atoms with van der Waals surface area (Å²) in [6, 6.07) is 8.73. The van der Waals surface area contributed by atoms with Gasteiger partial charge in [0.1, 0.15) is 5.69 Å². The maximum Gasteiger partial charge on any atom is 1.00 e. The SMILES string of the molecule is NC(=O)Nc1cc(N(CCOSOO[O-])CCOSOO[O-])ccc1N=Nc1ccc(S(=O)(=O)CCOS(=O)(=O)[O-])cc1.[Na+].[Na+].[Na+]. The molecule has 240 valence electrons. The average Bonchev–Trinajstić information content (AvgIpc) is 2.94. The predicted molar refractivity (Wildman–Crippen MR) is 142 cm³/mol. The summed E-state index contributed by atoms with van der Waals surface area (Å²) in [5.74, 6) is -0.749. The summed E-state index contributed by atoms with van der Waals surface area (Å²) < 4.78 is 78.2. The van der Waals surface area contributed by atoms with Crippen LogP contribution in [0.5, 0.6) is 0 Å². The summed E-state index contributed by atoms with van der Waals surface area (Å²) >= 11 is 0.618. The summed E-state index contributed by atoms with van der Waals surface area (Å²) in [7, 11) is -8.99. The molecule has 3 N–H and O–H groups in total. The zero-order chi connectivity index (χ0) is 31.7. The van der Waals surface area contributed by atoms with Crippen molar-refractivity contribution in [2.75, 3.05) is 48.9 Å². The second-order valence-corrected chi connectivity index (χ2v) is 11.7. The van der Waals surface area contributed by atoms with Crippen LogP contribution in [0.1, 0.15) is 0 Å². The van der Waals surface area contributed by atoms with Gasteiger partial charge in [-0.3, -0.25) is 22.6 Å². The number of nitrogens with two attached hydrogens (primary N) is 1. The Labute approximate surface area is 338 Å². The molecule has 0 aliphatic carbocycles. The Morgan fingerprint density at radius 3 is 1.93 bits per heavy atom. The second kappa shape index (κ2) is 26.2. The van der Waals surface area contributed by atoms with Gasteiger partial charge in [-0.25, -0.2) is 21.6 Å². The maximum absolute atomic E-state index is 12.3. The van der Waals surface area contributed by atoms with Gasteiger partial charge in [-0.15, -0.1) is 13.8 Å². The predicted octanol–water partition coefficient (Wildman–Crippen LogP) is -8.73. The van der Waals surface area contributed by atoms with Gasteiger partial charge in [-0.2, -0.15) is 5.11 Å². The van der Waals surface area contributed by atoms with Gasteiger partial charge in [0.15, 0.2) is 34.5 Å². The summed E-state index contributed by atoms with van der Waals surface area (Å²) in [5.41, 5.74) is 6.32. The molecule has 2 aromatic carbocycles. The number of nitrogens with one attached hydrogen (secondary N) is 1. The van der Waals surface area contributed by atoms with Crippen LogP contribution < -0.4 is 115 Å². The van der Waals surface area contributed by atoms with E-state index in [-0.39, 0.29) is 137 Å². The topological polar surface area (TPSA) is 285 Å². The van der Waals surface area contributed by atoms with Crippen LogP contribution in [0.2, 0.25) is 0 Å². The van der Waals surface area contributed by atoms with Crippen molar-refractivity contribution in [3.05, 3.63) is 42.5 Å². The molecule has 0 aromatic heterocycles. The van der Waals surface area contributed by atoms with E-state index in [1.165, 1.54) is 36.4 Å². The first-order valence-corrected chi connectivity index (χ1v) is 15.6. The fourth-order valence-electron chi connectivity index (χ4n) is 3.03. The first-order valence-electron chi connectivity index (χ1n) is 11.2. The molecule has 0 spiro atoms. The average molecular weight is 758 g/mol.